The Balaban J connectivity index is 2.13. The van der Waals surface area contributed by atoms with Gasteiger partial charge in [-0.1, -0.05) is 6.07 Å². The van der Waals surface area contributed by atoms with Crippen molar-refractivity contribution in [3.63, 3.8) is 0 Å². The average molecular weight is 258 g/mol. The number of fused-ring (bicyclic) bond motifs is 1. The van der Waals surface area contributed by atoms with Crippen molar-refractivity contribution in [1.29, 1.82) is 5.26 Å². The van der Waals surface area contributed by atoms with Crippen LogP contribution in [0.25, 0.3) is 0 Å². The number of carboxylic acid groups (broad SMARTS) is 1. The van der Waals surface area contributed by atoms with Gasteiger partial charge in [-0.15, -0.1) is 0 Å². The van der Waals surface area contributed by atoms with E-state index in [9.17, 15) is 9.90 Å². The van der Waals surface area contributed by atoms with E-state index in [2.05, 4.69) is 11.0 Å². The Morgan fingerprint density at radius 3 is 3.00 bits per heavy atom. The minimum atomic E-state index is -0.844. The number of nitrogens with zero attached hydrogens (tertiary/aromatic N) is 2. The number of aromatic carboxylic acids is 1. The molecule has 0 unspecified atom stereocenters. The molecule has 0 atom stereocenters. The van der Waals surface area contributed by atoms with Crippen LogP contribution >= 0.6 is 0 Å². The van der Waals surface area contributed by atoms with Gasteiger partial charge in [-0.25, -0.2) is 4.79 Å². The van der Waals surface area contributed by atoms with Gasteiger partial charge in [0.05, 0.1) is 11.6 Å². The lowest BCUT2D eigenvalue weighted by atomic mass is 9.96. The van der Waals surface area contributed by atoms with Gasteiger partial charge in [0.1, 0.15) is 0 Å². The maximum Gasteiger partial charge on any atom is 0.336 e. The number of rotatable bonds is 5. The third-order valence-electron chi connectivity index (χ3n) is 3.54. The Hall–Kier alpha value is -2.02. The first-order valence-corrected chi connectivity index (χ1v) is 6.71. The summed E-state index contributed by atoms with van der Waals surface area (Å²) in [5, 5.41) is 17.7. The molecule has 1 aromatic rings. The molecule has 0 fully saturated rings. The van der Waals surface area contributed by atoms with Crippen molar-refractivity contribution >= 4 is 11.7 Å². The summed E-state index contributed by atoms with van der Waals surface area (Å²) >= 11 is 0. The van der Waals surface area contributed by atoms with Crippen molar-refractivity contribution in [1.82, 2.24) is 0 Å². The van der Waals surface area contributed by atoms with E-state index in [0.29, 0.717) is 12.0 Å². The maximum atomic E-state index is 11.2. The third kappa shape index (κ3) is 3.05. The number of anilines is 1. The van der Waals surface area contributed by atoms with E-state index in [0.717, 1.165) is 50.0 Å². The fraction of sp³-hybridized carbons (Fsp3) is 0.467. The Morgan fingerprint density at radius 2 is 2.26 bits per heavy atom. The second-order valence-corrected chi connectivity index (χ2v) is 4.81. The first-order valence-electron chi connectivity index (χ1n) is 6.71. The van der Waals surface area contributed by atoms with E-state index in [1.807, 2.05) is 12.1 Å². The minimum absolute atomic E-state index is 0.430. The van der Waals surface area contributed by atoms with Crippen molar-refractivity contribution in [3.05, 3.63) is 29.3 Å². The monoisotopic (exact) mass is 258 g/mol. The van der Waals surface area contributed by atoms with Gasteiger partial charge < -0.3 is 10.0 Å². The van der Waals surface area contributed by atoms with Crippen LogP contribution in [-0.2, 0) is 6.42 Å². The number of carbonyl (C=O) groups is 1. The fourth-order valence-electron chi connectivity index (χ4n) is 2.64. The molecule has 0 bridgehead atoms. The second-order valence-electron chi connectivity index (χ2n) is 4.81. The van der Waals surface area contributed by atoms with Crippen molar-refractivity contribution in [3.8, 4) is 6.07 Å². The molecule has 1 N–H and O–H groups in total. The van der Waals surface area contributed by atoms with E-state index in [-0.39, 0.29) is 0 Å². The predicted molar refractivity (Wildman–Crippen MR) is 73.4 cm³/mol. The van der Waals surface area contributed by atoms with Crippen LogP contribution in [0.3, 0.4) is 0 Å². The third-order valence-corrected chi connectivity index (χ3v) is 3.54. The minimum Gasteiger partial charge on any atom is -0.478 e. The van der Waals surface area contributed by atoms with Crippen molar-refractivity contribution in [2.24, 2.45) is 0 Å². The number of benzene rings is 1. The Morgan fingerprint density at radius 1 is 1.42 bits per heavy atom. The van der Waals surface area contributed by atoms with Crippen LogP contribution in [0.4, 0.5) is 5.69 Å². The van der Waals surface area contributed by atoms with Crippen LogP contribution in [0.1, 0.15) is 41.6 Å². The molecular formula is C15H18N2O2. The predicted octanol–water partition coefficient (Wildman–Crippen LogP) is 2.83. The summed E-state index contributed by atoms with van der Waals surface area (Å²) in [4.78, 5) is 13.5. The molecular weight excluding hydrogens is 240 g/mol. The molecule has 0 radical (unpaired) electrons. The van der Waals surface area contributed by atoms with Crippen LogP contribution < -0.4 is 4.90 Å². The molecule has 0 saturated heterocycles. The van der Waals surface area contributed by atoms with E-state index in [1.54, 1.807) is 6.07 Å². The number of carboxylic acids is 1. The molecule has 1 aliphatic heterocycles. The largest absolute Gasteiger partial charge is 0.478 e. The summed E-state index contributed by atoms with van der Waals surface area (Å²) < 4.78 is 0. The Labute approximate surface area is 113 Å². The zero-order valence-electron chi connectivity index (χ0n) is 10.9. The normalized spacial score (nSPS) is 13.7. The summed E-state index contributed by atoms with van der Waals surface area (Å²) in [5.41, 5.74) is 2.45. The molecule has 0 spiro atoms. The topological polar surface area (TPSA) is 64.3 Å². The van der Waals surface area contributed by atoms with Crippen LogP contribution in [0, 0.1) is 11.3 Å². The van der Waals surface area contributed by atoms with Gasteiger partial charge in [-0.2, -0.15) is 5.26 Å². The van der Waals surface area contributed by atoms with Crippen LogP contribution in [0.5, 0.6) is 0 Å². The lowest BCUT2D eigenvalue weighted by Gasteiger charge is -2.32. The van der Waals surface area contributed by atoms with Crippen LogP contribution in [-0.4, -0.2) is 24.2 Å². The molecule has 1 aliphatic rings. The number of unbranched alkanes of at least 4 members (excludes halogenated alkanes) is 2. The van der Waals surface area contributed by atoms with Crippen LogP contribution in [0.15, 0.2) is 18.2 Å². The second kappa shape index (κ2) is 6.24. The fourth-order valence-corrected chi connectivity index (χ4v) is 2.64. The molecule has 2 rings (SSSR count). The van der Waals surface area contributed by atoms with E-state index in [1.165, 1.54) is 0 Å². The summed E-state index contributed by atoms with van der Waals surface area (Å²) in [6, 6.07) is 7.65. The van der Waals surface area contributed by atoms with Gasteiger partial charge in [-0.3, -0.25) is 0 Å². The van der Waals surface area contributed by atoms with Crippen molar-refractivity contribution in [2.45, 2.75) is 32.1 Å². The lowest BCUT2D eigenvalue weighted by Crippen LogP contribution is -2.31. The van der Waals surface area contributed by atoms with Crippen LogP contribution in [0.2, 0.25) is 0 Å². The summed E-state index contributed by atoms with van der Waals surface area (Å²) in [6.07, 6.45) is 4.31. The van der Waals surface area contributed by atoms with Gasteiger partial charge in [0, 0.05) is 25.2 Å². The SMILES string of the molecule is N#CCCCCN1CCCc2c(C(=O)O)cccc21. The highest BCUT2D eigenvalue weighted by Crippen LogP contribution is 2.30. The number of nitriles is 1. The number of hydrogen-bond donors (Lipinski definition) is 1. The summed E-state index contributed by atoms with van der Waals surface area (Å²) in [6.45, 7) is 1.88. The standard InChI is InChI=1S/C15H18N2O2/c16-9-2-1-3-10-17-11-5-7-12-13(15(18)19)6-4-8-14(12)17/h4,6,8H,1-3,5,7,10-11H2,(H,18,19). The van der Waals surface area contributed by atoms with E-state index >= 15 is 0 Å². The molecule has 0 saturated carbocycles. The molecule has 4 nitrogen and oxygen atoms in total. The summed E-state index contributed by atoms with van der Waals surface area (Å²) in [5.74, 6) is -0.844. The molecule has 4 heteroatoms. The molecule has 19 heavy (non-hydrogen) atoms. The first kappa shape index (κ1) is 13.4. The lowest BCUT2D eigenvalue weighted by molar-refractivity contribution is 0.0695. The smallest absolute Gasteiger partial charge is 0.336 e. The van der Waals surface area contributed by atoms with E-state index in [4.69, 9.17) is 5.26 Å². The summed E-state index contributed by atoms with van der Waals surface area (Å²) in [7, 11) is 0. The van der Waals surface area contributed by atoms with Gasteiger partial charge in [-0.05, 0) is 43.4 Å². The van der Waals surface area contributed by atoms with E-state index < -0.39 is 5.97 Å². The Bertz CT molecular complexity index is 505. The highest BCUT2D eigenvalue weighted by molar-refractivity contribution is 5.91. The zero-order chi connectivity index (χ0) is 13.7. The molecule has 0 amide bonds. The highest BCUT2D eigenvalue weighted by Gasteiger charge is 2.21. The number of hydrogen-bond acceptors (Lipinski definition) is 3. The maximum absolute atomic E-state index is 11.2. The van der Waals surface area contributed by atoms with Crippen molar-refractivity contribution in [2.75, 3.05) is 18.0 Å². The quantitative estimate of drug-likeness (QED) is 0.825. The molecule has 100 valence electrons. The molecule has 1 aromatic carbocycles. The molecule has 0 aliphatic carbocycles. The highest BCUT2D eigenvalue weighted by atomic mass is 16.4. The molecule has 0 aromatic heterocycles. The van der Waals surface area contributed by atoms with Crippen molar-refractivity contribution < 1.29 is 9.90 Å². The van der Waals surface area contributed by atoms with Gasteiger partial charge in [0.2, 0.25) is 0 Å². The van der Waals surface area contributed by atoms with Gasteiger partial charge >= 0.3 is 5.97 Å². The molecule has 1 heterocycles. The van der Waals surface area contributed by atoms with Gasteiger partial charge in [0.15, 0.2) is 0 Å². The Kier molecular flexibility index (Phi) is 4.40. The first-order chi connectivity index (χ1) is 9.24. The zero-order valence-corrected chi connectivity index (χ0v) is 10.9. The van der Waals surface area contributed by atoms with Gasteiger partial charge in [0.25, 0.3) is 0 Å². The average Bonchev–Trinajstić information content (AvgIpc) is 2.43.